The number of nitrogens with two attached hydrogens (primary N) is 1. The number of anilines is 1. The van der Waals surface area contributed by atoms with Crippen molar-refractivity contribution >= 4 is 29.2 Å². The van der Waals surface area contributed by atoms with Crippen LogP contribution in [0.15, 0.2) is 78.9 Å². The van der Waals surface area contributed by atoms with E-state index in [1.54, 1.807) is 77.7 Å². The molecule has 0 radical (unpaired) electrons. The fourth-order valence-electron chi connectivity index (χ4n) is 4.78. The summed E-state index contributed by atoms with van der Waals surface area (Å²) in [6.45, 7) is 1.12. The van der Waals surface area contributed by atoms with Crippen LogP contribution in [-0.2, 0) is 0 Å². The SMILES string of the molecule is N#Cc1c(-c2cccc(C(=O)N3CCCC(N)C3)c2)cc(-c2ccccc2O)nc1NC(=O)c1ccc(Cl)cc1. The molecule has 1 fully saturated rings. The van der Waals surface area contributed by atoms with Crippen molar-refractivity contribution in [1.82, 2.24) is 9.88 Å². The van der Waals surface area contributed by atoms with E-state index in [9.17, 15) is 20.0 Å². The topological polar surface area (TPSA) is 132 Å². The number of halogens is 1. The molecule has 1 aliphatic rings. The quantitative estimate of drug-likeness (QED) is 0.301. The maximum atomic E-state index is 13.3. The van der Waals surface area contributed by atoms with Gasteiger partial charge < -0.3 is 21.1 Å². The monoisotopic (exact) mass is 551 g/mol. The van der Waals surface area contributed by atoms with Crippen molar-refractivity contribution in [2.75, 3.05) is 18.4 Å². The second-order valence-electron chi connectivity index (χ2n) is 9.60. The number of pyridine rings is 1. The summed E-state index contributed by atoms with van der Waals surface area (Å²) in [6, 6.07) is 23.8. The number of nitrogens with one attached hydrogen (secondary N) is 1. The number of carbonyl (C=O) groups excluding carboxylic acids is 2. The lowest BCUT2D eigenvalue weighted by atomic mass is 9.96. The summed E-state index contributed by atoms with van der Waals surface area (Å²) in [5, 5.41) is 24.0. The van der Waals surface area contributed by atoms with Crippen molar-refractivity contribution in [3.8, 4) is 34.2 Å². The van der Waals surface area contributed by atoms with Crippen LogP contribution in [0.3, 0.4) is 0 Å². The van der Waals surface area contributed by atoms with E-state index in [4.69, 9.17) is 17.3 Å². The second-order valence-corrected chi connectivity index (χ2v) is 10.0. The van der Waals surface area contributed by atoms with Gasteiger partial charge in [0.25, 0.3) is 11.8 Å². The fraction of sp³-hybridized carbons (Fsp3) is 0.161. The number of likely N-dealkylation sites (tertiary alicyclic amines) is 1. The Hall–Kier alpha value is -4.71. The van der Waals surface area contributed by atoms with Crippen molar-refractivity contribution < 1.29 is 14.7 Å². The first-order valence-electron chi connectivity index (χ1n) is 12.8. The number of benzene rings is 3. The molecular weight excluding hydrogens is 526 g/mol. The van der Waals surface area contributed by atoms with Gasteiger partial charge in [0.05, 0.1) is 5.69 Å². The lowest BCUT2D eigenvalue weighted by molar-refractivity contribution is 0.0708. The molecule has 2 amide bonds. The van der Waals surface area contributed by atoms with Crippen molar-refractivity contribution in [3.63, 3.8) is 0 Å². The van der Waals surface area contributed by atoms with Gasteiger partial charge in [0, 0.05) is 46.4 Å². The number of hydrogen-bond donors (Lipinski definition) is 3. The number of aromatic hydroxyl groups is 1. The molecule has 4 N–H and O–H groups in total. The third kappa shape index (κ3) is 5.66. The highest BCUT2D eigenvalue weighted by Gasteiger charge is 2.24. The van der Waals surface area contributed by atoms with E-state index < -0.39 is 5.91 Å². The number of carbonyl (C=O) groups is 2. The normalized spacial score (nSPS) is 14.8. The van der Waals surface area contributed by atoms with Gasteiger partial charge in [-0.3, -0.25) is 9.59 Å². The van der Waals surface area contributed by atoms with Gasteiger partial charge in [-0.25, -0.2) is 4.98 Å². The molecule has 3 aromatic carbocycles. The average molecular weight is 552 g/mol. The molecular formula is C31H26ClN5O3. The standard InChI is InChI=1S/C31H26ClN5O3/c32-22-12-10-19(11-13-22)30(39)36-29-26(17-33)25(16-27(35-29)24-8-1-2-9-28(24)38)20-5-3-6-21(15-20)31(40)37-14-4-7-23(34)18-37/h1-3,5-6,8-13,15-16,23,38H,4,7,14,18,34H2,(H,35,36,39). The number of phenolic OH excluding ortho intramolecular Hbond substituents is 1. The highest BCUT2D eigenvalue weighted by atomic mass is 35.5. The van der Waals surface area contributed by atoms with Crippen LogP contribution in [0.2, 0.25) is 5.02 Å². The highest BCUT2D eigenvalue weighted by molar-refractivity contribution is 6.30. The lowest BCUT2D eigenvalue weighted by Gasteiger charge is -2.31. The zero-order valence-electron chi connectivity index (χ0n) is 21.5. The second kappa shape index (κ2) is 11.6. The summed E-state index contributed by atoms with van der Waals surface area (Å²) < 4.78 is 0. The van der Waals surface area contributed by atoms with Crippen LogP contribution in [0, 0.1) is 11.3 Å². The molecule has 1 atom stereocenters. The maximum absolute atomic E-state index is 13.3. The summed E-state index contributed by atoms with van der Waals surface area (Å²) >= 11 is 5.96. The number of nitrogens with zero attached hydrogens (tertiary/aromatic N) is 3. The molecule has 1 aromatic heterocycles. The van der Waals surface area contributed by atoms with E-state index in [2.05, 4.69) is 16.4 Å². The van der Waals surface area contributed by atoms with E-state index in [0.29, 0.717) is 51.6 Å². The van der Waals surface area contributed by atoms with Gasteiger partial charge in [-0.2, -0.15) is 5.26 Å². The number of hydrogen-bond acceptors (Lipinski definition) is 6. The number of piperidine rings is 1. The minimum absolute atomic E-state index is 0.00833. The summed E-state index contributed by atoms with van der Waals surface area (Å²) in [6.07, 6.45) is 1.72. The summed E-state index contributed by atoms with van der Waals surface area (Å²) in [4.78, 5) is 32.7. The van der Waals surface area contributed by atoms with Gasteiger partial charge in [-0.05, 0) is 73.0 Å². The van der Waals surface area contributed by atoms with Crippen molar-refractivity contribution in [2.45, 2.75) is 18.9 Å². The highest BCUT2D eigenvalue weighted by Crippen LogP contribution is 2.36. The van der Waals surface area contributed by atoms with Crippen molar-refractivity contribution in [2.24, 2.45) is 5.73 Å². The molecule has 1 saturated heterocycles. The van der Waals surface area contributed by atoms with E-state index in [1.165, 1.54) is 6.07 Å². The molecule has 5 rings (SSSR count). The zero-order valence-corrected chi connectivity index (χ0v) is 22.2. The third-order valence-corrected chi connectivity index (χ3v) is 7.07. The number of rotatable bonds is 5. The molecule has 0 spiro atoms. The van der Waals surface area contributed by atoms with E-state index in [0.717, 1.165) is 12.8 Å². The van der Waals surface area contributed by atoms with E-state index in [1.807, 2.05) is 0 Å². The van der Waals surface area contributed by atoms with E-state index >= 15 is 0 Å². The van der Waals surface area contributed by atoms with Crippen LogP contribution in [-0.4, -0.2) is 45.9 Å². The Morgan fingerprint density at radius 1 is 1.02 bits per heavy atom. The molecule has 1 aliphatic heterocycles. The van der Waals surface area contributed by atoms with Crippen molar-refractivity contribution in [1.29, 1.82) is 5.26 Å². The van der Waals surface area contributed by atoms with Crippen LogP contribution < -0.4 is 11.1 Å². The zero-order chi connectivity index (χ0) is 28.2. The van der Waals surface area contributed by atoms with Crippen LogP contribution in [0.4, 0.5) is 5.82 Å². The number of aromatic nitrogens is 1. The van der Waals surface area contributed by atoms with Gasteiger partial charge in [-0.15, -0.1) is 0 Å². The minimum atomic E-state index is -0.480. The molecule has 0 aliphatic carbocycles. The summed E-state index contributed by atoms with van der Waals surface area (Å²) in [5.41, 5.74) is 8.80. The van der Waals surface area contributed by atoms with Gasteiger partial charge in [-0.1, -0.05) is 35.9 Å². The summed E-state index contributed by atoms with van der Waals surface area (Å²) in [7, 11) is 0. The number of para-hydroxylation sites is 1. The van der Waals surface area contributed by atoms with Crippen LogP contribution in [0.1, 0.15) is 39.1 Å². The maximum Gasteiger partial charge on any atom is 0.256 e. The molecule has 40 heavy (non-hydrogen) atoms. The molecule has 9 heteroatoms. The van der Waals surface area contributed by atoms with E-state index in [-0.39, 0.29) is 29.1 Å². The van der Waals surface area contributed by atoms with Gasteiger partial charge in [0.15, 0.2) is 5.82 Å². The molecule has 4 aromatic rings. The third-order valence-electron chi connectivity index (χ3n) is 6.82. The first kappa shape index (κ1) is 26.9. The fourth-order valence-corrected chi connectivity index (χ4v) is 4.91. The first-order chi connectivity index (χ1) is 19.3. The molecule has 8 nitrogen and oxygen atoms in total. The largest absolute Gasteiger partial charge is 0.507 e. The predicted octanol–water partition coefficient (Wildman–Crippen LogP) is 5.46. The number of phenols is 1. The molecule has 0 bridgehead atoms. The predicted molar refractivity (Wildman–Crippen MR) is 154 cm³/mol. The molecule has 2 heterocycles. The van der Waals surface area contributed by atoms with Crippen LogP contribution >= 0.6 is 11.6 Å². The Balaban J connectivity index is 1.61. The Labute approximate surface area is 236 Å². The average Bonchev–Trinajstić information content (AvgIpc) is 2.97. The van der Waals surface area contributed by atoms with Crippen LogP contribution in [0.5, 0.6) is 5.75 Å². The molecule has 200 valence electrons. The Kier molecular flexibility index (Phi) is 7.78. The number of amides is 2. The minimum Gasteiger partial charge on any atom is -0.507 e. The smallest absolute Gasteiger partial charge is 0.256 e. The summed E-state index contributed by atoms with van der Waals surface area (Å²) in [5.74, 6) is -0.601. The van der Waals surface area contributed by atoms with Crippen molar-refractivity contribution in [3.05, 3.63) is 101 Å². The lowest BCUT2D eigenvalue weighted by Crippen LogP contribution is -2.45. The Morgan fingerprint density at radius 2 is 1.80 bits per heavy atom. The van der Waals surface area contributed by atoms with Gasteiger partial charge >= 0.3 is 0 Å². The van der Waals surface area contributed by atoms with Gasteiger partial charge in [0.1, 0.15) is 17.4 Å². The van der Waals surface area contributed by atoms with Gasteiger partial charge in [0.2, 0.25) is 0 Å². The molecule has 0 saturated carbocycles. The van der Waals surface area contributed by atoms with Crippen LogP contribution in [0.25, 0.3) is 22.4 Å². The number of nitriles is 1. The molecule has 1 unspecified atom stereocenters. The Morgan fingerprint density at radius 3 is 2.52 bits per heavy atom. The first-order valence-corrected chi connectivity index (χ1v) is 13.2. The Bertz CT molecular complexity index is 1630.